The highest BCUT2D eigenvalue weighted by Crippen LogP contribution is 2.24. The second kappa shape index (κ2) is 7.63. The Hall–Kier alpha value is -2.12. The highest BCUT2D eigenvalue weighted by atomic mass is 127. The molecule has 0 bridgehead atoms. The minimum atomic E-state index is -0.272. The second-order valence-corrected chi connectivity index (χ2v) is 6.60. The van der Waals surface area contributed by atoms with E-state index in [1.54, 1.807) is 24.3 Å². The summed E-state index contributed by atoms with van der Waals surface area (Å²) in [7, 11) is 0. The van der Waals surface area contributed by atoms with Crippen LogP contribution in [0.1, 0.15) is 16.1 Å². The van der Waals surface area contributed by atoms with Crippen LogP contribution in [0.2, 0.25) is 5.02 Å². The van der Waals surface area contributed by atoms with Crippen molar-refractivity contribution in [3.63, 3.8) is 0 Å². The van der Waals surface area contributed by atoms with Crippen LogP contribution in [-0.4, -0.2) is 12.1 Å². The fraction of sp³-hybridized carbons (Fsp3) is 0. The Morgan fingerprint density at radius 1 is 1.12 bits per heavy atom. The SMILES string of the molecule is O=C(N/N=C\c1ccc(-c2cccc(Cl)c2)o1)c1cccc(I)c1. The van der Waals surface area contributed by atoms with Gasteiger partial charge in [0, 0.05) is 19.7 Å². The van der Waals surface area contributed by atoms with E-state index in [-0.39, 0.29) is 5.91 Å². The first kappa shape index (κ1) is 16.7. The predicted octanol–water partition coefficient (Wildman–Crippen LogP) is 4.97. The standard InChI is InChI=1S/C18H12ClIN2O2/c19-14-5-1-3-12(9-14)17-8-7-16(24-17)11-21-22-18(23)13-4-2-6-15(20)10-13/h1-11H,(H,22,23)/b21-11-. The summed E-state index contributed by atoms with van der Waals surface area (Å²) in [5.74, 6) is 0.946. The Kier molecular flexibility index (Phi) is 5.32. The lowest BCUT2D eigenvalue weighted by Gasteiger charge is -1.99. The lowest BCUT2D eigenvalue weighted by atomic mass is 10.2. The summed E-state index contributed by atoms with van der Waals surface area (Å²) >= 11 is 8.13. The van der Waals surface area contributed by atoms with Gasteiger partial charge in [-0.3, -0.25) is 4.79 Å². The minimum absolute atomic E-state index is 0.272. The summed E-state index contributed by atoms with van der Waals surface area (Å²) < 4.78 is 6.66. The molecule has 0 atom stereocenters. The Labute approximate surface area is 157 Å². The van der Waals surface area contributed by atoms with Crippen LogP contribution in [0.5, 0.6) is 0 Å². The first-order chi connectivity index (χ1) is 11.6. The smallest absolute Gasteiger partial charge is 0.271 e. The van der Waals surface area contributed by atoms with Gasteiger partial charge in [0.2, 0.25) is 0 Å². The Morgan fingerprint density at radius 3 is 2.75 bits per heavy atom. The van der Waals surface area contributed by atoms with Crippen LogP contribution in [0.15, 0.2) is 70.2 Å². The number of rotatable bonds is 4. The average Bonchev–Trinajstić information content (AvgIpc) is 3.04. The number of benzene rings is 2. The lowest BCUT2D eigenvalue weighted by Crippen LogP contribution is -2.17. The third-order valence-corrected chi connectivity index (χ3v) is 4.09. The molecule has 0 aliphatic rings. The van der Waals surface area contributed by atoms with E-state index < -0.39 is 0 Å². The summed E-state index contributed by atoms with van der Waals surface area (Å²) in [4.78, 5) is 12.0. The highest BCUT2D eigenvalue weighted by Gasteiger charge is 2.05. The molecule has 1 aromatic heterocycles. The van der Waals surface area contributed by atoms with Gasteiger partial charge in [0.05, 0.1) is 6.21 Å². The molecule has 4 nitrogen and oxygen atoms in total. The number of amides is 1. The number of halogens is 2. The first-order valence-electron chi connectivity index (χ1n) is 7.06. The van der Waals surface area contributed by atoms with Crippen molar-refractivity contribution in [1.29, 1.82) is 0 Å². The van der Waals surface area contributed by atoms with Crippen LogP contribution in [0.4, 0.5) is 0 Å². The predicted molar refractivity (Wildman–Crippen MR) is 103 cm³/mol. The molecular formula is C18H12ClIN2O2. The zero-order chi connectivity index (χ0) is 16.9. The van der Waals surface area contributed by atoms with Gasteiger partial charge in [-0.2, -0.15) is 5.10 Å². The summed E-state index contributed by atoms with van der Waals surface area (Å²) in [5, 5.41) is 4.57. The van der Waals surface area contributed by atoms with Crippen molar-refractivity contribution in [2.24, 2.45) is 5.10 Å². The van der Waals surface area contributed by atoms with Crippen LogP contribution >= 0.6 is 34.2 Å². The van der Waals surface area contributed by atoms with E-state index in [1.165, 1.54) is 6.21 Å². The molecule has 0 aliphatic heterocycles. The minimum Gasteiger partial charge on any atom is -0.455 e. The second-order valence-electron chi connectivity index (χ2n) is 4.92. The quantitative estimate of drug-likeness (QED) is 0.347. The average molecular weight is 451 g/mol. The number of hydrogen-bond donors (Lipinski definition) is 1. The van der Waals surface area contributed by atoms with Gasteiger partial charge >= 0.3 is 0 Å². The zero-order valence-corrected chi connectivity index (χ0v) is 15.3. The van der Waals surface area contributed by atoms with E-state index in [4.69, 9.17) is 16.0 Å². The maximum atomic E-state index is 12.0. The Bertz CT molecular complexity index is 905. The van der Waals surface area contributed by atoms with Crippen LogP contribution < -0.4 is 5.43 Å². The molecule has 3 rings (SSSR count). The van der Waals surface area contributed by atoms with E-state index in [0.717, 1.165) is 9.13 Å². The number of nitrogens with one attached hydrogen (secondary N) is 1. The third-order valence-electron chi connectivity index (χ3n) is 3.18. The summed E-state index contributed by atoms with van der Waals surface area (Å²) in [5.41, 5.74) is 3.91. The van der Waals surface area contributed by atoms with Gasteiger partial charge in [0.15, 0.2) is 0 Å². The molecule has 24 heavy (non-hydrogen) atoms. The molecule has 0 fully saturated rings. The van der Waals surface area contributed by atoms with E-state index in [0.29, 0.717) is 22.1 Å². The summed E-state index contributed by atoms with van der Waals surface area (Å²) in [6.07, 6.45) is 1.46. The molecule has 0 unspecified atom stereocenters. The van der Waals surface area contributed by atoms with Crippen LogP contribution in [-0.2, 0) is 0 Å². The van der Waals surface area contributed by atoms with Crippen LogP contribution in [0.25, 0.3) is 11.3 Å². The fourth-order valence-corrected chi connectivity index (χ4v) is 2.80. The van der Waals surface area contributed by atoms with E-state index >= 15 is 0 Å². The van der Waals surface area contributed by atoms with Crippen molar-refractivity contribution in [1.82, 2.24) is 5.43 Å². The zero-order valence-electron chi connectivity index (χ0n) is 12.4. The van der Waals surface area contributed by atoms with Crippen LogP contribution in [0, 0.1) is 3.57 Å². The van der Waals surface area contributed by atoms with Crippen molar-refractivity contribution < 1.29 is 9.21 Å². The molecule has 0 aliphatic carbocycles. The van der Waals surface area contributed by atoms with Gasteiger partial charge in [-0.15, -0.1) is 0 Å². The number of hydrazone groups is 1. The third kappa shape index (κ3) is 4.24. The maximum Gasteiger partial charge on any atom is 0.271 e. The highest BCUT2D eigenvalue weighted by molar-refractivity contribution is 14.1. The van der Waals surface area contributed by atoms with Gasteiger partial charge in [-0.1, -0.05) is 29.8 Å². The number of nitrogens with zero attached hydrogens (tertiary/aromatic N) is 1. The number of carbonyl (C=O) groups is 1. The van der Waals surface area contributed by atoms with Crippen molar-refractivity contribution >= 4 is 46.3 Å². The van der Waals surface area contributed by atoms with Crippen LogP contribution in [0.3, 0.4) is 0 Å². The van der Waals surface area contributed by atoms with Crippen molar-refractivity contribution in [2.45, 2.75) is 0 Å². The molecule has 0 saturated heterocycles. The number of carbonyl (C=O) groups excluding carboxylic acids is 1. The first-order valence-corrected chi connectivity index (χ1v) is 8.52. The van der Waals surface area contributed by atoms with Gasteiger partial charge in [0.25, 0.3) is 5.91 Å². The van der Waals surface area contributed by atoms with E-state index in [1.807, 2.05) is 36.4 Å². The van der Waals surface area contributed by atoms with Crippen molar-refractivity contribution in [2.75, 3.05) is 0 Å². The molecule has 0 saturated carbocycles. The van der Waals surface area contributed by atoms with Gasteiger partial charge < -0.3 is 4.42 Å². The Balaban J connectivity index is 1.66. The molecular weight excluding hydrogens is 439 g/mol. The molecule has 2 aromatic carbocycles. The molecule has 3 aromatic rings. The summed E-state index contributed by atoms with van der Waals surface area (Å²) in [6.45, 7) is 0. The van der Waals surface area contributed by atoms with Gasteiger partial charge in [-0.25, -0.2) is 5.43 Å². The molecule has 0 radical (unpaired) electrons. The van der Waals surface area contributed by atoms with Crippen molar-refractivity contribution in [3.05, 3.63) is 80.6 Å². The van der Waals surface area contributed by atoms with Gasteiger partial charge in [-0.05, 0) is 65.1 Å². The number of hydrogen-bond acceptors (Lipinski definition) is 3. The molecule has 1 heterocycles. The summed E-state index contributed by atoms with van der Waals surface area (Å²) in [6, 6.07) is 18.3. The topological polar surface area (TPSA) is 54.6 Å². The normalized spacial score (nSPS) is 10.9. The van der Waals surface area contributed by atoms with Crippen molar-refractivity contribution in [3.8, 4) is 11.3 Å². The number of furan rings is 1. The van der Waals surface area contributed by atoms with Gasteiger partial charge in [0.1, 0.15) is 11.5 Å². The molecule has 6 heteroatoms. The molecule has 1 amide bonds. The monoisotopic (exact) mass is 450 g/mol. The van der Waals surface area contributed by atoms with E-state index in [9.17, 15) is 4.79 Å². The fourth-order valence-electron chi connectivity index (χ4n) is 2.07. The molecule has 120 valence electrons. The largest absolute Gasteiger partial charge is 0.455 e. The van der Waals surface area contributed by atoms with E-state index in [2.05, 4.69) is 33.1 Å². The Morgan fingerprint density at radius 2 is 1.96 bits per heavy atom. The lowest BCUT2D eigenvalue weighted by molar-refractivity contribution is 0.0955. The molecule has 1 N–H and O–H groups in total. The molecule has 0 spiro atoms. The maximum absolute atomic E-state index is 12.0.